The summed E-state index contributed by atoms with van der Waals surface area (Å²) in [6, 6.07) is 12.0. The summed E-state index contributed by atoms with van der Waals surface area (Å²) < 4.78 is 34.2. The third-order valence-corrected chi connectivity index (χ3v) is 6.03. The smallest absolute Gasteiger partial charge is 0.263 e. The van der Waals surface area contributed by atoms with Gasteiger partial charge in [-0.2, -0.15) is 0 Å². The van der Waals surface area contributed by atoms with Crippen LogP contribution >= 0.6 is 27.5 Å². The lowest BCUT2D eigenvalue weighted by atomic mass is 10.2. The molecule has 2 aromatic rings. The van der Waals surface area contributed by atoms with E-state index in [1.807, 2.05) is 12.1 Å². The van der Waals surface area contributed by atoms with Gasteiger partial charge in [0.05, 0.1) is 29.6 Å². The van der Waals surface area contributed by atoms with E-state index in [-0.39, 0.29) is 9.92 Å². The second-order valence-electron chi connectivity index (χ2n) is 5.30. The fraction of sp³-hybridized carbons (Fsp3) is 0.250. The summed E-state index contributed by atoms with van der Waals surface area (Å²) in [4.78, 5) is 2.15. The van der Waals surface area contributed by atoms with Gasteiger partial charge in [0.15, 0.2) is 0 Å². The minimum Gasteiger partial charge on any atom is -0.378 e. The Bertz CT molecular complexity index is 839. The molecule has 1 aliphatic heterocycles. The van der Waals surface area contributed by atoms with Crippen LogP contribution in [0.2, 0.25) is 5.02 Å². The van der Waals surface area contributed by atoms with Crippen LogP contribution in [-0.4, -0.2) is 34.7 Å². The molecule has 1 aliphatic rings. The average molecular weight is 432 g/mol. The van der Waals surface area contributed by atoms with Gasteiger partial charge in [-0.15, -0.1) is 0 Å². The maximum Gasteiger partial charge on any atom is 0.263 e. The van der Waals surface area contributed by atoms with Crippen molar-refractivity contribution in [1.29, 1.82) is 0 Å². The molecule has 0 radical (unpaired) electrons. The van der Waals surface area contributed by atoms with Gasteiger partial charge in [-0.3, -0.25) is 4.72 Å². The lowest BCUT2D eigenvalue weighted by Crippen LogP contribution is -2.36. The van der Waals surface area contributed by atoms with Crippen LogP contribution < -0.4 is 9.62 Å². The van der Waals surface area contributed by atoms with Crippen LogP contribution in [0.15, 0.2) is 51.8 Å². The van der Waals surface area contributed by atoms with E-state index >= 15 is 0 Å². The second-order valence-corrected chi connectivity index (χ2v) is 8.27. The third kappa shape index (κ3) is 3.85. The normalized spacial score (nSPS) is 15.3. The van der Waals surface area contributed by atoms with Crippen LogP contribution in [0.1, 0.15) is 0 Å². The molecule has 1 saturated heterocycles. The molecule has 0 aromatic heterocycles. The van der Waals surface area contributed by atoms with Gasteiger partial charge in [-0.05, 0) is 30.3 Å². The van der Waals surface area contributed by atoms with E-state index in [0.717, 1.165) is 23.2 Å². The molecule has 24 heavy (non-hydrogen) atoms. The van der Waals surface area contributed by atoms with Gasteiger partial charge >= 0.3 is 0 Å². The predicted molar refractivity (Wildman–Crippen MR) is 99.4 cm³/mol. The number of sulfonamides is 1. The molecule has 0 bridgehead atoms. The van der Waals surface area contributed by atoms with Crippen LogP contribution in [0.25, 0.3) is 0 Å². The van der Waals surface area contributed by atoms with Gasteiger partial charge < -0.3 is 9.64 Å². The number of halogens is 2. The highest BCUT2D eigenvalue weighted by Gasteiger charge is 2.21. The van der Waals surface area contributed by atoms with Crippen LogP contribution in [0.4, 0.5) is 11.4 Å². The van der Waals surface area contributed by atoms with Gasteiger partial charge in [0.25, 0.3) is 10.0 Å². The number of para-hydroxylation sites is 2. The molecule has 0 atom stereocenters. The van der Waals surface area contributed by atoms with E-state index in [4.69, 9.17) is 16.3 Å². The second kappa shape index (κ2) is 7.31. The summed E-state index contributed by atoms with van der Waals surface area (Å²) in [6.45, 7) is 2.69. The molecular formula is C16H16BrClN2O3S. The number of nitrogens with zero attached hydrogens (tertiary/aromatic N) is 1. The number of morpholine rings is 1. The molecule has 128 valence electrons. The van der Waals surface area contributed by atoms with Gasteiger partial charge in [0.2, 0.25) is 0 Å². The average Bonchev–Trinajstić information content (AvgIpc) is 2.55. The summed E-state index contributed by atoms with van der Waals surface area (Å²) >= 11 is 9.37. The van der Waals surface area contributed by atoms with Crippen molar-refractivity contribution in [1.82, 2.24) is 0 Å². The number of ether oxygens (including phenoxy) is 1. The topological polar surface area (TPSA) is 58.6 Å². The van der Waals surface area contributed by atoms with E-state index in [1.54, 1.807) is 24.3 Å². The first kappa shape index (κ1) is 17.5. The Morgan fingerprint density at radius 3 is 2.54 bits per heavy atom. The third-order valence-electron chi connectivity index (χ3n) is 3.68. The molecule has 0 aliphatic carbocycles. The Balaban J connectivity index is 1.93. The highest BCUT2D eigenvalue weighted by Crippen LogP contribution is 2.31. The summed E-state index contributed by atoms with van der Waals surface area (Å²) in [5.74, 6) is 0. The van der Waals surface area contributed by atoms with Gasteiger partial charge in [0, 0.05) is 17.6 Å². The monoisotopic (exact) mass is 430 g/mol. The molecule has 2 aromatic carbocycles. The zero-order valence-corrected chi connectivity index (χ0v) is 15.9. The van der Waals surface area contributed by atoms with Crippen molar-refractivity contribution in [3.05, 3.63) is 52.0 Å². The number of rotatable bonds is 4. The zero-order valence-electron chi connectivity index (χ0n) is 12.7. The molecule has 1 heterocycles. The fourth-order valence-corrected chi connectivity index (χ4v) is 4.65. The number of benzene rings is 2. The highest BCUT2D eigenvalue weighted by molar-refractivity contribution is 9.10. The van der Waals surface area contributed by atoms with Crippen molar-refractivity contribution < 1.29 is 13.2 Å². The Labute approximate surface area is 154 Å². The summed E-state index contributed by atoms with van der Waals surface area (Å²) in [5.41, 5.74) is 1.36. The van der Waals surface area contributed by atoms with E-state index in [0.29, 0.717) is 18.9 Å². The summed E-state index contributed by atoms with van der Waals surface area (Å²) in [5, 5.41) is 0.167. The number of hydrogen-bond acceptors (Lipinski definition) is 4. The number of hydrogen-bond donors (Lipinski definition) is 1. The maximum absolute atomic E-state index is 12.7. The Morgan fingerprint density at radius 1 is 1.12 bits per heavy atom. The first-order chi connectivity index (χ1) is 11.5. The van der Waals surface area contributed by atoms with Crippen LogP contribution in [0, 0.1) is 0 Å². The largest absolute Gasteiger partial charge is 0.378 e. The molecule has 0 amide bonds. The Morgan fingerprint density at radius 2 is 1.83 bits per heavy atom. The van der Waals surface area contributed by atoms with Crippen LogP contribution in [0.3, 0.4) is 0 Å². The Kier molecular flexibility index (Phi) is 5.34. The fourth-order valence-electron chi connectivity index (χ4n) is 2.53. The van der Waals surface area contributed by atoms with E-state index < -0.39 is 10.0 Å². The lowest BCUT2D eigenvalue weighted by molar-refractivity contribution is 0.123. The quantitative estimate of drug-likeness (QED) is 0.801. The zero-order chi connectivity index (χ0) is 17.2. The van der Waals surface area contributed by atoms with Crippen molar-refractivity contribution in [2.75, 3.05) is 35.9 Å². The maximum atomic E-state index is 12.7. The number of nitrogens with one attached hydrogen (secondary N) is 1. The predicted octanol–water partition coefficient (Wildman–Crippen LogP) is 3.74. The molecule has 8 heteroatoms. The Hall–Kier alpha value is -1.28. The van der Waals surface area contributed by atoms with Crippen LogP contribution in [0.5, 0.6) is 0 Å². The molecular weight excluding hydrogens is 416 g/mol. The minimum atomic E-state index is -3.78. The van der Waals surface area contributed by atoms with E-state index in [1.165, 1.54) is 6.07 Å². The van der Waals surface area contributed by atoms with Gasteiger partial charge in [-0.1, -0.05) is 39.7 Å². The first-order valence-electron chi connectivity index (χ1n) is 7.37. The molecule has 0 saturated carbocycles. The molecule has 0 unspecified atom stereocenters. The van der Waals surface area contributed by atoms with Crippen molar-refractivity contribution >= 4 is 48.9 Å². The summed E-state index contributed by atoms with van der Waals surface area (Å²) in [6.07, 6.45) is 0. The SMILES string of the molecule is O=S(=O)(Nc1ccccc1N1CCOCC1)c1ccc(Br)cc1Cl. The van der Waals surface area contributed by atoms with Crippen molar-refractivity contribution in [3.63, 3.8) is 0 Å². The van der Waals surface area contributed by atoms with E-state index in [2.05, 4.69) is 25.6 Å². The molecule has 5 nitrogen and oxygen atoms in total. The first-order valence-corrected chi connectivity index (χ1v) is 10.0. The molecule has 0 spiro atoms. The van der Waals surface area contributed by atoms with Crippen LogP contribution in [-0.2, 0) is 14.8 Å². The van der Waals surface area contributed by atoms with Gasteiger partial charge in [-0.25, -0.2) is 8.42 Å². The van der Waals surface area contributed by atoms with Gasteiger partial charge in [0.1, 0.15) is 4.90 Å². The van der Waals surface area contributed by atoms with E-state index in [9.17, 15) is 8.42 Å². The molecule has 1 fully saturated rings. The van der Waals surface area contributed by atoms with Crippen molar-refractivity contribution in [3.8, 4) is 0 Å². The molecule has 1 N–H and O–H groups in total. The molecule has 3 rings (SSSR count). The summed E-state index contributed by atoms with van der Waals surface area (Å²) in [7, 11) is -3.78. The van der Waals surface area contributed by atoms with Crippen molar-refractivity contribution in [2.24, 2.45) is 0 Å². The van der Waals surface area contributed by atoms with Crippen molar-refractivity contribution in [2.45, 2.75) is 4.90 Å². The lowest BCUT2D eigenvalue weighted by Gasteiger charge is -2.30. The minimum absolute atomic E-state index is 0.0455. The highest BCUT2D eigenvalue weighted by atomic mass is 79.9. The number of anilines is 2. The standard InChI is InChI=1S/C16H16BrClN2O3S/c17-12-5-6-16(13(18)11-12)24(21,22)19-14-3-1-2-4-15(14)20-7-9-23-10-8-20/h1-6,11,19H,7-10H2.